The van der Waals surface area contributed by atoms with Crippen molar-refractivity contribution in [2.24, 2.45) is 11.8 Å². The summed E-state index contributed by atoms with van der Waals surface area (Å²) in [4.78, 5) is 40.5. The van der Waals surface area contributed by atoms with Gasteiger partial charge in [0.05, 0.1) is 17.4 Å². The summed E-state index contributed by atoms with van der Waals surface area (Å²) in [5.74, 6) is -3.77. The first kappa shape index (κ1) is 22.3. The number of aliphatic hydroxyl groups is 1. The van der Waals surface area contributed by atoms with Crippen molar-refractivity contribution in [2.75, 3.05) is 0 Å². The summed E-state index contributed by atoms with van der Waals surface area (Å²) in [6, 6.07) is 24.6. The molecule has 4 nitrogen and oxygen atoms in total. The molecule has 5 heteroatoms. The van der Waals surface area contributed by atoms with Crippen LogP contribution in [0.5, 0.6) is 0 Å². The van der Waals surface area contributed by atoms with Crippen LogP contribution in [-0.4, -0.2) is 28.1 Å². The van der Waals surface area contributed by atoms with Gasteiger partial charge in [-0.15, -0.1) is 0 Å². The maximum Gasteiger partial charge on any atom is 0.173 e. The van der Waals surface area contributed by atoms with Gasteiger partial charge in [0.25, 0.3) is 0 Å². The Hall–Kier alpha value is -2.89. The zero-order valence-electron chi connectivity index (χ0n) is 17.6. The van der Waals surface area contributed by atoms with Crippen LogP contribution >= 0.6 is 15.9 Å². The highest BCUT2D eigenvalue weighted by molar-refractivity contribution is 9.10. The minimum atomic E-state index is -1.59. The molecule has 0 radical (unpaired) electrons. The van der Waals surface area contributed by atoms with E-state index < -0.39 is 23.4 Å². The highest BCUT2D eigenvalue weighted by atomic mass is 79.9. The van der Waals surface area contributed by atoms with Crippen LogP contribution in [0.1, 0.15) is 45.5 Å². The zero-order chi connectivity index (χ0) is 22.9. The van der Waals surface area contributed by atoms with Gasteiger partial charge in [0.1, 0.15) is 5.78 Å². The molecule has 0 amide bonds. The first-order valence-corrected chi connectivity index (χ1v) is 11.3. The second-order valence-electron chi connectivity index (χ2n) is 8.49. The van der Waals surface area contributed by atoms with E-state index in [1.54, 1.807) is 66.7 Å². The first-order valence-electron chi connectivity index (χ1n) is 10.5. The first-order chi connectivity index (χ1) is 15.3. The third-order valence-electron chi connectivity index (χ3n) is 6.20. The molecule has 1 aliphatic rings. The van der Waals surface area contributed by atoms with Gasteiger partial charge in [-0.25, -0.2) is 0 Å². The number of hydrogen-bond donors (Lipinski definition) is 1. The van der Waals surface area contributed by atoms with Gasteiger partial charge in [-0.2, -0.15) is 0 Å². The lowest BCUT2D eigenvalue weighted by atomic mass is 9.58. The third kappa shape index (κ3) is 4.23. The molecule has 0 unspecified atom stereocenters. The van der Waals surface area contributed by atoms with Crippen molar-refractivity contribution < 1.29 is 19.5 Å². The number of hydrogen-bond acceptors (Lipinski definition) is 4. The summed E-state index contributed by atoms with van der Waals surface area (Å²) in [6.45, 7) is 1.52. The largest absolute Gasteiger partial charge is 0.389 e. The minimum Gasteiger partial charge on any atom is -0.389 e. The molecule has 1 saturated carbocycles. The van der Waals surface area contributed by atoms with Crippen LogP contribution in [0.25, 0.3) is 0 Å². The average Bonchev–Trinajstić information content (AvgIpc) is 2.79. The number of benzene rings is 3. The molecule has 3 aromatic carbocycles. The number of Topliss-reactive ketones (excluding diaryl/α,β-unsaturated/α-hetero) is 3. The van der Waals surface area contributed by atoms with Crippen LogP contribution in [0.3, 0.4) is 0 Å². The van der Waals surface area contributed by atoms with Crippen molar-refractivity contribution in [3.05, 3.63) is 106 Å². The number of carbonyl (C=O) groups excluding carboxylic acids is 3. The smallest absolute Gasteiger partial charge is 0.173 e. The topological polar surface area (TPSA) is 71.4 Å². The molecule has 0 aliphatic heterocycles. The Morgan fingerprint density at radius 3 is 1.88 bits per heavy atom. The predicted octanol–water partition coefficient (Wildman–Crippen LogP) is 5.25. The quantitative estimate of drug-likeness (QED) is 0.391. The number of halogens is 1. The Bertz CT molecular complexity index is 1140. The SMILES string of the molecule is C[C@@]1(O)CC(=O)[C@H](C(=O)c2ccccc2)[C@@H](c2ccc(Br)cc2)[C@@H]1C(=O)c1ccccc1. The predicted molar refractivity (Wildman–Crippen MR) is 126 cm³/mol. The van der Waals surface area contributed by atoms with Crippen LogP contribution in [0.2, 0.25) is 0 Å². The minimum absolute atomic E-state index is 0.257. The molecule has 0 heterocycles. The maximum absolute atomic E-state index is 13.7. The van der Waals surface area contributed by atoms with E-state index in [0.29, 0.717) is 16.7 Å². The lowest BCUT2D eigenvalue weighted by Gasteiger charge is -2.45. The van der Waals surface area contributed by atoms with Crippen LogP contribution < -0.4 is 0 Å². The Morgan fingerprint density at radius 1 is 0.844 bits per heavy atom. The molecule has 162 valence electrons. The molecule has 1 fully saturated rings. The summed E-state index contributed by atoms with van der Waals surface area (Å²) in [5.41, 5.74) is -0.0551. The second-order valence-corrected chi connectivity index (χ2v) is 9.41. The summed E-state index contributed by atoms with van der Waals surface area (Å²) in [5, 5.41) is 11.3. The maximum atomic E-state index is 13.7. The van der Waals surface area contributed by atoms with Crippen molar-refractivity contribution in [3.8, 4) is 0 Å². The fourth-order valence-electron chi connectivity index (χ4n) is 4.74. The Labute approximate surface area is 195 Å². The third-order valence-corrected chi connectivity index (χ3v) is 6.73. The van der Waals surface area contributed by atoms with Gasteiger partial charge >= 0.3 is 0 Å². The lowest BCUT2D eigenvalue weighted by Crippen LogP contribution is -2.54. The van der Waals surface area contributed by atoms with Crippen LogP contribution in [0, 0.1) is 11.8 Å². The molecule has 4 atom stereocenters. The van der Waals surface area contributed by atoms with Crippen molar-refractivity contribution in [1.82, 2.24) is 0 Å². The van der Waals surface area contributed by atoms with Gasteiger partial charge in [-0.05, 0) is 24.6 Å². The van der Waals surface area contributed by atoms with Crippen LogP contribution in [0.15, 0.2) is 89.4 Å². The number of ketones is 3. The molecule has 32 heavy (non-hydrogen) atoms. The van der Waals surface area contributed by atoms with E-state index in [4.69, 9.17) is 0 Å². The molecule has 4 rings (SSSR count). The molecule has 0 bridgehead atoms. The van der Waals surface area contributed by atoms with Gasteiger partial charge in [0, 0.05) is 27.9 Å². The standard InChI is InChI=1S/C27H23BrO4/c1-27(32)16-21(29)23(25(30)18-8-4-2-5-9-18)22(17-12-14-20(28)15-13-17)24(27)26(31)19-10-6-3-7-11-19/h2-15,22-24,32H,16H2,1H3/t22-,23+,24-,27-/m1/s1. The van der Waals surface area contributed by atoms with E-state index in [1.165, 1.54) is 6.92 Å². The fraction of sp³-hybridized carbons (Fsp3) is 0.222. The lowest BCUT2D eigenvalue weighted by molar-refractivity contribution is -0.134. The summed E-state index contributed by atoms with van der Waals surface area (Å²) in [7, 11) is 0. The van der Waals surface area contributed by atoms with Gasteiger partial charge in [0.15, 0.2) is 11.6 Å². The van der Waals surface area contributed by atoms with Crippen LogP contribution in [0.4, 0.5) is 0 Å². The van der Waals surface area contributed by atoms with Crippen molar-refractivity contribution in [2.45, 2.75) is 24.9 Å². The summed E-state index contributed by atoms with van der Waals surface area (Å²) >= 11 is 3.42. The van der Waals surface area contributed by atoms with E-state index in [-0.39, 0.29) is 23.8 Å². The molecule has 0 spiro atoms. The molecule has 0 saturated heterocycles. The Morgan fingerprint density at radius 2 is 1.34 bits per heavy atom. The highest BCUT2D eigenvalue weighted by Gasteiger charge is 2.55. The van der Waals surface area contributed by atoms with E-state index in [2.05, 4.69) is 15.9 Å². The Balaban J connectivity index is 1.89. The fourth-order valence-corrected chi connectivity index (χ4v) is 5.01. The molecular formula is C27H23BrO4. The highest BCUT2D eigenvalue weighted by Crippen LogP contribution is 2.48. The number of rotatable bonds is 5. The number of carbonyl (C=O) groups is 3. The molecule has 1 aliphatic carbocycles. The Kier molecular flexibility index (Phi) is 6.22. The summed E-state index contributed by atoms with van der Waals surface area (Å²) < 4.78 is 0.840. The van der Waals surface area contributed by atoms with E-state index in [1.807, 2.05) is 18.2 Å². The average molecular weight is 491 g/mol. The van der Waals surface area contributed by atoms with Gasteiger partial charge < -0.3 is 5.11 Å². The van der Waals surface area contributed by atoms with E-state index >= 15 is 0 Å². The molecular weight excluding hydrogens is 468 g/mol. The van der Waals surface area contributed by atoms with Gasteiger partial charge in [-0.3, -0.25) is 14.4 Å². The monoisotopic (exact) mass is 490 g/mol. The molecule has 3 aromatic rings. The van der Waals surface area contributed by atoms with Crippen molar-refractivity contribution in [1.29, 1.82) is 0 Å². The van der Waals surface area contributed by atoms with Gasteiger partial charge in [-0.1, -0.05) is 88.7 Å². The molecule has 0 aromatic heterocycles. The van der Waals surface area contributed by atoms with E-state index in [0.717, 1.165) is 4.47 Å². The van der Waals surface area contributed by atoms with Crippen molar-refractivity contribution >= 4 is 33.3 Å². The van der Waals surface area contributed by atoms with Crippen LogP contribution in [-0.2, 0) is 4.79 Å². The van der Waals surface area contributed by atoms with Crippen molar-refractivity contribution in [3.63, 3.8) is 0 Å². The van der Waals surface area contributed by atoms with E-state index in [9.17, 15) is 19.5 Å². The van der Waals surface area contributed by atoms with Gasteiger partial charge in [0.2, 0.25) is 0 Å². The molecule has 1 N–H and O–H groups in total. The summed E-state index contributed by atoms with van der Waals surface area (Å²) in [6.07, 6.45) is -0.257. The second kappa shape index (κ2) is 8.93. The normalized spacial score (nSPS) is 25.3. The zero-order valence-corrected chi connectivity index (χ0v) is 19.2.